The van der Waals surface area contributed by atoms with Crippen LogP contribution in [0.4, 0.5) is 0 Å². The van der Waals surface area contributed by atoms with Crippen LogP contribution < -0.4 is 16.2 Å². The number of pyridine rings is 1. The number of rotatable bonds is 3. The van der Waals surface area contributed by atoms with E-state index in [1.165, 1.54) is 6.07 Å². The first-order valence-electron chi connectivity index (χ1n) is 6.49. The van der Waals surface area contributed by atoms with Gasteiger partial charge in [0.05, 0.1) is 16.7 Å². The summed E-state index contributed by atoms with van der Waals surface area (Å²) < 4.78 is 11.9. The molecule has 2 rings (SSSR count). The van der Waals surface area contributed by atoms with Gasteiger partial charge in [-0.3, -0.25) is 4.79 Å². The molecule has 0 spiro atoms. The third-order valence-electron chi connectivity index (χ3n) is 3.93. The minimum absolute atomic E-state index is 0.0671. The Morgan fingerprint density at radius 3 is 2.37 bits per heavy atom. The zero-order valence-electron chi connectivity index (χ0n) is 12.2. The monoisotopic (exact) mass is 264 g/mol. The van der Waals surface area contributed by atoms with E-state index in [1.807, 2.05) is 34.7 Å². The summed E-state index contributed by atoms with van der Waals surface area (Å²) in [4.78, 5) is 15.2. The van der Waals surface area contributed by atoms with Gasteiger partial charge >= 0.3 is 7.12 Å². The fourth-order valence-electron chi connectivity index (χ4n) is 2.08. The smallest absolute Gasteiger partial charge is 0.399 e. The molecule has 2 N–H and O–H groups in total. The molecule has 0 radical (unpaired) electrons. The molecule has 104 valence electrons. The molecule has 0 aliphatic carbocycles. The van der Waals surface area contributed by atoms with E-state index in [2.05, 4.69) is 10.3 Å². The van der Waals surface area contributed by atoms with Crippen molar-refractivity contribution >= 4 is 12.6 Å². The molecule has 0 amide bonds. The van der Waals surface area contributed by atoms with E-state index < -0.39 is 18.3 Å². The second-order valence-electron chi connectivity index (χ2n) is 5.85. The maximum atomic E-state index is 12.1. The Bertz CT molecular complexity index is 509. The average Bonchev–Trinajstić information content (AvgIpc) is 2.48. The van der Waals surface area contributed by atoms with E-state index in [4.69, 9.17) is 9.31 Å². The zero-order valence-corrected chi connectivity index (χ0v) is 12.2. The molecular formula is C13H21BN2O3. The molecule has 0 aromatic carbocycles. The lowest BCUT2D eigenvalue weighted by molar-refractivity contribution is 0.00578. The van der Waals surface area contributed by atoms with Gasteiger partial charge in [-0.2, -0.15) is 0 Å². The number of hydrogen-bond acceptors (Lipinski definition) is 4. The SMILES string of the molecule is CNCc1[nH]ccc(=O)c1B1OC(C)(C)C(C)(C)O1. The van der Waals surface area contributed by atoms with Gasteiger partial charge in [-0.15, -0.1) is 0 Å². The van der Waals surface area contributed by atoms with E-state index in [0.29, 0.717) is 12.0 Å². The van der Waals surface area contributed by atoms with Crippen LogP contribution in [0, 0.1) is 0 Å². The fraction of sp³-hybridized carbons (Fsp3) is 0.615. The Hall–Kier alpha value is -1.11. The van der Waals surface area contributed by atoms with Crippen LogP contribution in [-0.2, 0) is 15.9 Å². The standard InChI is InChI=1S/C13H21BN2O3/c1-12(2)13(3,4)19-14(18-12)11-9(8-15-5)16-7-6-10(11)17/h6-7,15H,8H2,1-5H3,(H,16,17). The van der Waals surface area contributed by atoms with E-state index >= 15 is 0 Å². The predicted molar refractivity (Wildman–Crippen MR) is 75.5 cm³/mol. The van der Waals surface area contributed by atoms with Gasteiger partial charge in [0.15, 0.2) is 5.43 Å². The number of aromatic amines is 1. The van der Waals surface area contributed by atoms with E-state index in [-0.39, 0.29) is 5.43 Å². The van der Waals surface area contributed by atoms with Crippen LogP contribution in [0.25, 0.3) is 0 Å². The Balaban J connectivity index is 2.42. The largest absolute Gasteiger partial charge is 0.500 e. The Labute approximate surface area is 113 Å². The second kappa shape index (κ2) is 4.78. The van der Waals surface area contributed by atoms with Crippen molar-refractivity contribution in [2.75, 3.05) is 7.05 Å². The lowest BCUT2D eigenvalue weighted by atomic mass is 9.77. The molecule has 1 saturated heterocycles. The second-order valence-corrected chi connectivity index (χ2v) is 5.85. The summed E-state index contributed by atoms with van der Waals surface area (Å²) in [5, 5.41) is 3.04. The molecular weight excluding hydrogens is 243 g/mol. The minimum atomic E-state index is -0.627. The molecule has 1 fully saturated rings. The van der Waals surface area contributed by atoms with Gasteiger partial charge in [0.25, 0.3) is 0 Å². The molecule has 0 saturated carbocycles. The topological polar surface area (TPSA) is 63.4 Å². The van der Waals surface area contributed by atoms with Gasteiger partial charge in [0, 0.05) is 24.5 Å². The van der Waals surface area contributed by atoms with Crippen LogP contribution in [0.3, 0.4) is 0 Å². The molecule has 0 atom stereocenters. The van der Waals surface area contributed by atoms with Crippen molar-refractivity contribution in [3.8, 4) is 0 Å². The van der Waals surface area contributed by atoms with Gasteiger partial charge in [-0.25, -0.2) is 0 Å². The van der Waals surface area contributed by atoms with Gasteiger partial charge in [-0.05, 0) is 34.7 Å². The summed E-state index contributed by atoms with van der Waals surface area (Å²) in [5.41, 5.74) is 0.389. The molecule has 0 bridgehead atoms. The average molecular weight is 264 g/mol. The lowest BCUT2D eigenvalue weighted by Crippen LogP contribution is -2.47. The summed E-state index contributed by atoms with van der Waals surface area (Å²) in [6, 6.07) is 1.50. The van der Waals surface area contributed by atoms with Gasteiger partial charge in [-0.1, -0.05) is 0 Å². The molecule has 1 aliphatic heterocycles. The lowest BCUT2D eigenvalue weighted by Gasteiger charge is -2.32. The Kier molecular flexibility index (Phi) is 3.60. The third-order valence-corrected chi connectivity index (χ3v) is 3.93. The molecule has 2 heterocycles. The van der Waals surface area contributed by atoms with Crippen molar-refractivity contribution in [1.82, 2.24) is 10.3 Å². The highest BCUT2D eigenvalue weighted by molar-refractivity contribution is 6.62. The molecule has 0 unspecified atom stereocenters. The van der Waals surface area contributed by atoms with Crippen LogP contribution >= 0.6 is 0 Å². The van der Waals surface area contributed by atoms with Gasteiger partial charge in [0.2, 0.25) is 0 Å². The van der Waals surface area contributed by atoms with Crippen molar-refractivity contribution in [2.45, 2.75) is 45.4 Å². The molecule has 1 aromatic rings. The highest BCUT2D eigenvalue weighted by atomic mass is 16.7. The van der Waals surface area contributed by atoms with Crippen LogP contribution in [-0.4, -0.2) is 30.4 Å². The van der Waals surface area contributed by atoms with E-state index in [9.17, 15) is 4.79 Å². The van der Waals surface area contributed by atoms with Crippen molar-refractivity contribution in [1.29, 1.82) is 0 Å². The van der Waals surface area contributed by atoms with Crippen molar-refractivity contribution in [3.05, 3.63) is 28.2 Å². The quantitative estimate of drug-likeness (QED) is 0.775. The summed E-state index contributed by atoms with van der Waals surface area (Å²) in [6.07, 6.45) is 1.64. The highest BCUT2D eigenvalue weighted by Crippen LogP contribution is 2.36. The summed E-state index contributed by atoms with van der Waals surface area (Å²) >= 11 is 0. The van der Waals surface area contributed by atoms with Crippen LogP contribution in [0.1, 0.15) is 33.4 Å². The molecule has 1 aliphatic rings. The Morgan fingerprint density at radius 1 is 1.26 bits per heavy atom. The van der Waals surface area contributed by atoms with Gasteiger partial charge < -0.3 is 19.6 Å². The maximum Gasteiger partial charge on any atom is 0.500 e. The van der Waals surface area contributed by atoms with Crippen LogP contribution in [0.15, 0.2) is 17.1 Å². The van der Waals surface area contributed by atoms with Gasteiger partial charge in [0.1, 0.15) is 0 Å². The first-order chi connectivity index (χ1) is 8.78. The van der Waals surface area contributed by atoms with Crippen molar-refractivity contribution in [3.63, 3.8) is 0 Å². The predicted octanol–water partition coefficient (Wildman–Crippen LogP) is 0.394. The number of H-pyrrole nitrogens is 1. The van der Waals surface area contributed by atoms with Crippen LogP contribution in [0.2, 0.25) is 0 Å². The zero-order chi connectivity index (χ0) is 14.3. The third kappa shape index (κ3) is 2.48. The normalized spacial score (nSPS) is 20.8. The number of hydrogen-bond donors (Lipinski definition) is 2. The first kappa shape index (κ1) is 14.3. The first-order valence-corrected chi connectivity index (χ1v) is 6.49. The minimum Gasteiger partial charge on any atom is -0.399 e. The van der Waals surface area contributed by atoms with Crippen molar-refractivity contribution < 1.29 is 9.31 Å². The highest BCUT2D eigenvalue weighted by Gasteiger charge is 2.52. The van der Waals surface area contributed by atoms with Crippen molar-refractivity contribution in [2.24, 2.45) is 0 Å². The summed E-state index contributed by atoms with van der Waals surface area (Å²) in [5.74, 6) is 0. The molecule has 5 nitrogen and oxygen atoms in total. The molecule has 6 heteroatoms. The van der Waals surface area contributed by atoms with E-state index in [0.717, 1.165) is 5.69 Å². The number of nitrogens with one attached hydrogen (secondary N) is 2. The molecule has 19 heavy (non-hydrogen) atoms. The van der Waals surface area contributed by atoms with Crippen LogP contribution in [0.5, 0.6) is 0 Å². The Morgan fingerprint density at radius 2 is 1.84 bits per heavy atom. The maximum absolute atomic E-state index is 12.1. The van der Waals surface area contributed by atoms with E-state index in [1.54, 1.807) is 6.20 Å². The molecule has 1 aromatic heterocycles. The number of aromatic nitrogens is 1. The summed E-state index contributed by atoms with van der Waals surface area (Å²) in [7, 11) is 1.21. The fourth-order valence-corrected chi connectivity index (χ4v) is 2.08. The summed E-state index contributed by atoms with van der Waals surface area (Å²) in [6.45, 7) is 8.46.